The molecule has 2 rings (SSSR count). The molecular weight excluding hydrogens is 360 g/mol. The quantitative estimate of drug-likeness (QED) is 0.426. The number of carbonyl (C=O) groups is 1. The van der Waals surface area contributed by atoms with Crippen molar-refractivity contribution in [2.75, 3.05) is 42.6 Å². The number of unbranched alkanes of at least 4 members (excludes halogenated alkanes) is 2. The number of hydrogen-bond donors (Lipinski definition) is 0. The Bertz CT molecular complexity index is 534. The molecule has 0 radical (unpaired) electrons. The molecule has 0 spiro atoms. The maximum atomic E-state index is 10.6. The molecule has 0 N–H and O–H groups in total. The molecular formula is C22H35ClN2O2. The Morgan fingerprint density at radius 2 is 1.70 bits per heavy atom. The summed E-state index contributed by atoms with van der Waals surface area (Å²) in [7, 11) is 0. The molecule has 27 heavy (non-hydrogen) atoms. The van der Waals surface area contributed by atoms with Crippen molar-refractivity contribution in [3.8, 4) is 0 Å². The number of ether oxygens (including phenoxy) is 1. The summed E-state index contributed by atoms with van der Waals surface area (Å²) >= 11 is 5.22. The topological polar surface area (TPSA) is 32.8 Å². The molecule has 0 saturated carbocycles. The van der Waals surface area contributed by atoms with Gasteiger partial charge < -0.3 is 14.5 Å². The minimum Gasteiger partial charge on any atom is -0.454 e. The van der Waals surface area contributed by atoms with Crippen LogP contribution < -0.4 is 9.80 Å². The van der Waals surface area contributed by atoms with Gasteiger partial charge in [0, 0.05) is 49.2 Å². The molecule has 1 aromatic rings. The lowest BCUT2D eigenvalue weighted by Crippen LogP contribution is -2.34. The fourth-order valence-corrected chi connectivity index (χ4v) is 3.81. The second-order valence-electron chi connectivity index (χ2n) is 7.52. The van der Waals surface area contributed by atoms with E-state index in [0.717, 1.165) is 45.4 Å². The standard InChI is InChI=1S/C22H35ClN2O2/c1-3-5-14-24(15-6-4-2)20-7-9-21(10-8-20)25-16-11-19(12-17-25)13-18-27-22(23)26/h7-10,19H,3-6,11-18H2,1-2H3. The maximum absolute atomic E-state index is 10.6. The van der Waals surface area contributed by atoms with Crippen LogP contribution in [0, 0.1) is 5.92 Å². The third kappa shape index (κ3) is 7.61. The summed E-state index contributed by atoms with van der Waals surface area (Å²) in [6.07, 6.45) is 8.16. The highest BCUT2D eigenvalue weighted by Crippen LogP contribution is 2.27. The van der Waals surface area contributed by atoms with Crippen LogP contribution in [-0.4, -0.2) is 38.2 Å². The Hall–Kier alpha value is -1.42. The first-order valence-corrected chi connectivity index (χ1v) is 10.9. The van der Waals surface area contributed by atoms with E-state index in [1.807, 2.05) is 0 Å². The monoisotopic (exact) mass is 394 g/mol. The van der Waals surface area contributed by atoms with Crippen molar-refractivity contribution in [2.24, 2.45) is 5.92 Å². The number of benzene rings is 1. The molecule has 0 aromatic heterocycles. The molecule has 0 amide bonds. The van der Waals surface area contributed by atoms with Crippen molar-refractivity contribution >= 4 is 28.4 Å². The molecule has 5 heteroatoms. The van der Waals surface area contributed by atoms with Gasteiger partial charge in [-0.1, -0.05) is 26.7 Å². The lowest BCUT2D eigenvalue weighted by molar-refractivity contribution is 0.161. The molecule has 1 aliphatic rings. The number of hydrogen-bond acceptors (Lipinski definition) is 4. The first-order chi connectivity index (χ1) is 13.1. The van der Waals surface area contributed by atoms with Gasteiger partial charge in [0.1, 0.15) is 0 Å². The molecule has 4 nitrogen and oxygen atoms in total. The molecule has 1 aromatic carbocycles. The zero-order valence-corrected chi connectivity index (χ0v) is 17.7. The lowest BCUT2D eigenvalue weighted by Gasteiger charge is -2.34. The summed E-state index contributed by atoms with van der Waals surface area (Å²) in [5, 5.41) is 0. The zero-order chi connectivity index (χ0) is 19.5. The molecule has 0 unspecified atom stereocenters. The van der Waals surface area contributed by atoms with Crippen LogP contribution in [0.4, 0.5) is 16.2 Å². The van der Waals surface area contributed by atoms with Gasteiger partial charge in [-0.2, -0.15) is 0 Å². The Morgan fingerprint density at radius 3 is 2.22 bits per heavy atom. The predicted molar refractivity (Wildman–Crippen MR) is 115 cm³/mol. The SMILES string of the molecule is CCCCN(CCCC)c1ccc(N2CCC(CCOC(=O)Cl)CC2)cc1. The van der Waals surface area contributed by atoms with Crippen LogP contribution in [0.25, 0.3) is 0 Å². The fourth-order valence-electron chi connectivity index (χ4n) is 3.73. The summed E-state index contributed by atoms with van der Waals surface area (Å²) < 4.78 is 4.86. The highest BCUT2D eigenvalue weighted by atomic mass is 35.5. The fraction of sp³-hybridized carbons (Fsp3) is 0.682. The summed E-state index contributed by atoms with van der Waals surface area (Å²) in [5.74, 6) is 0.620. The van der Waals surface area contributed by atoms with Crippen molar-refractivity contribution in [3.63, 3.8) is 0 Å². The minimum absolute atomic E-state index is 0.438. The molecule has 1 aliphatic heterocycles. The van der Waals surface area contributed by atoms with E-state index in [-0.39, 0.29) is 0 Å². The van der Waals surface area contributed by atoms with Crippen molar-refractivity contribution in [1.82, 2.24) is 0 Å². The first-order valence-electron chi connectivity index (χ1n) is 10.6. The largest absolute Gasteiger partial charge is 0.454 e. The number of piperidine rings is 1. The van der Waals surface area contributed by atoms with E-state index in [9.17, 15) is 4.79 Å². The van der Waals surface area contributed by atoms with Crippen molar-refractivity contribution in [3.05, 3.63) is 24.3 Å². The van der Waals surface area contributed by atoms with Gasteiger partial charge in [-0.05, 0) is 62.3 Å². The van der Waals surface area contributed by atoms with Gasteiger partial charge in [0.25, 0.3) is 0 Å². The summed E-state index contributed by atoms with van der Waals surface area (Å²) in [4.78, 5) is 15.6. The van der Waals surface area contributed by atoms with Crippen LogP contribution in [0.1, 0.15) is 58.8 Å². The molecule has 152 valence electrons. The molecule has 0 bridgehead atoms. The highest BCUT2D eigenvalue weighted by Gasteiger charge is 2.20. The van der Waals surface area contributed by atoms with Crippen LogP contribution in [0.5, 0.6) is 0 Å². The van der Waals surface area contributed by atoms with Gasteiger partial charge in [-0.15, -0.1) is 0 Å². The lowest BCUT2D eigenvalue weighted by atomic mass is 9.93. The summed E-state index contributed by atoms with van der Waals surface area (Å²) in [5.41, 5.74) is 1.97. The van der Waals surface area contributed by atoms with Crippen LogP contribution in [-0.2, 0) is 4.74 Å². The zero-order valence-electron chi connectivity index (χ0n) is 17.0. The van der Waals surface area contributed by atoms with E-state index in [0.29, 0.717) is 12.5 Å². The van der Waals surface area contributed by atoms with Gasteiger partial charge in [0.05, 0.1) is 6.61 Å². The van der Waals surface area contributed by atoms with Crippen molar-refractivity contribution < 1.29 is 9.53 Å². The van der Waals surface area contributed by atoms with Gasteiger partial charge in [-0.25, -0.2) is 4.79 Å². The Labute approximate surface area is 169 Å². The second-order valence-corrected chi connectivity index (χ2v) is 7.82. The second kappa shape index (κ2) is 12.1. The average Bonchev–Trinajstić information content (AvgIpc) is 2.69. The molecule has 0 atom stereocenters. The number of rotatable bonds is 11. The van der Waals surface area contributed by atoms with E-state index in [4.69, 9.17) is 16.3 Å². The van der Waals surface area contributed by atoms with Crippen LogP contribution in [0.15, 0.2) is 24.3 Å². The highest BCUT2D eigenvalue weighted by molar-refractivity contribution is 6.61. The van der Waals surface area contributed by atoms with Crippen LogP contribution >= 0.6 is 11.6 Å². The number of nitrogens with zero attached hydrogens (tertiary/aromatic N) is 2. The van der Waals surface area contributed by atoms with Crippen molar-refractivity contribution in [2.45, 2.75) is 58.8 Å². The Balaban J connectivity index is 1.84. The summed E-state index contributed by atoms with van der Waals surface area (Å²) in [6, 6.07) is 9.12. The van der Waals surface area contributed by atoms with E-state index in [1.165, 1.54) is 37.1 Å². The van der Waals surface area contributed by atoms with Gasteiger partial charge in [-0.3, -0.25) is 0 Å². The third-order valence-corrected chi connectivity index (χ3v) is 5.61. The maximum Gasteiger partial charge on any atom is 0.403 e. The number of halogens is 1. The molecule has 1 heterocycles. The van der Waals surface area contributed by atoms with E-state index in [1.54, 1.807) is 0 Å². The Morgan fingerprint density at radius 1 is 1.11 bits per heavy atom. The first kappa shape index (κ1) is 21.9. The predicted octanol–water partition coefficient (Wildman–Crippen LogP) is 6.08. The van der Waals surface area contributed by atoms with Crippen LogP contribution in [0.2, 0.25) is 0 Å². The van der Waals surface area contributed by atoms with E-state index < -0.39 is 5.43 Å². The number of anilines is 2. The minimum atomic E-state index is -0.695. The van der Waals surface area contributed by atoms with E-state index >= 15 is 0 Å². The molecule has 1 saturated heterocycles. The molecule has 1 fully saturated rings. The van der Waals surface area contributed by atoms with E-state index in [2.05, 4.69) is 47.9 Å². The average molecular weight is 395 g/mol. The molecule has 0 aliphatic carbocycles. The summed E-state index contributed by atoms with van der Waals surface area (Å²) in [6.45, 7) is 9.37. The number of carbonyl (C=O) groups excluding carboxylic acids is 1. The van der Waals surface area contributed by atoms with Crippen molar-refractivity contribution in [1.29, 1.82) is 0 Å². The smallest absolute Gasteiger partial charge is 0.403 e. The Kier molecular flexibility index (Phi) is 9.82. The third-order valence-electron chi connectivity index (χ3n) is 5.50. The van der Waals surface area contributed by atoms with Crippen LogP contribution in [0.3, 0.4) is 0 Å². The normalized spacial score (nSPS) is 15.0. The van der Waals surface area contributed by atoms with Gasteiger partial charge >= 0.3 is 5.43 Å². The van der Waals surface area contributed by atoms with Gasteiger partial charge in [0.2, 0.25) is 0 Å². The van der Waals surface area contributed by atoms with Gasteiger partial charge in [0.15, 0.2) is 0 Å².